The Morgan fingerprint density at radius 3 is 2.50 bits per heavy atom. The molecule has 2 aromatic carbocycles. The van der Waals surface area contributed by atoms with Crippen LogP contribution in [0.25, 0.3) is 0 Å². The maximum Gasteiger partial charge on any atom is 0.277 e. The molecule has 0 atom stereocenters. The molecule has 0 aliphatic carbocycles. The number of hydrazone groups is 1. The molecule has 1 amide bonds. The summed E-state index contributed by atoms with van der Waals surface area (Å²) < 4.78 is 5.38. The molecule has 24 heavy (non-hydrogen) atoms. The van der Waals surface area contributed by atoms with E-state index in [0.29, 0.717) is 15.8 Å². The van der Waals surface area contributed by atoms with Crippen molar-refractivity contribution < 1.29 is 9.53 Å². The van der Waals surface area contributed by atoms with Gasteiger partial charge in [-0.25, -0.2) is 5.43 Å². The number of amides is 1. The van der Waals surface area contributed by atoms with Crippen LogP contribution in [0.2, 0.25) is 10.0 Å². The fraction of sp³-hybridized carbons (Fsp3) is 0.222. The molecule has 0 saturated carbocycles. The zero-order valence-electron chi connectivity index (χ0n) is 13.4. The van der Waals surface area contributed by atoms with E-state index in [1.807, 2.05) is 44.2 Å². The Labute approximate surface area is 151 Å². The monoisotopic (exact) mass is 364 g/mol. The van der Waals surface area contributed by atoms with E-state index in [9.17, 15) is 4.79 Å². The van der Waals surface area contributed by atoms with E-state index in [2.05, 4.69) is 10.5 Å². The minimum absolute atomic E-state index is 0.166. The van der Waals surface area contributed by atoms with Crippen molar-refractivity contribution in [3.63, 3.8) is 0 Å². The minimum atomic E-state index is -0.366. The Balaban J connectivity index is 1.98. The van der Waals surface area contributed by atoms with Gasteiger partial charge in [-0.15, -0.1) is 0 Å². The van der Waals surface area contributed by atoms with Gasteiger partial charge in [0.05, 0.1) is 10.7 Å². The van der Waals surface area contributed by atoms with Gasteiger partial charge >= 0.3 is 0 Å². The van der Waals surface area contributed by atoms with Crippen LogP contribution in [0.5, 0.6) is 5.75 Å². The van der Waals surface area contributed by atoms with Crippen LogP contribution in [-0.4, -0.2) is 18.2 Å². The first-order valence-corrected chi connectivity index (χ1v) is 8.22. The van der Waals surface area contributed by atoms with Crippen LogP contribution in [0, 0.1) is 5.92 Å². The summed E-state index contributed by atoms with van der Waals surface area (Å²) in [5.74, 6) is 0.196. The minimum Gasteiger partial charge on any atom is -0.482 e. The van der Waals surface area contributed by atoms with Gasteiger partial charge in [-0.1, -0.05) is 67.4 Å². The van der Waals surface area contributed by atoms with E-state index in [4.69, 9.17) is 27.9 Å². The predicted molar refractivity (Wildman–Crippen MR) is 97.9 cm³/mol. The van der Waals surface area contributed by atoms with E-state index in [-0.39, 0.29) is 18.4 Å². The maximum absolute atomic E-state index is 11.9. The molecule has 0 fully saturated rings. The summed E-state index contributed by atoms with van der Waals surface area (Å²) in [6, 6.07) is 14.5. The van der Waals surface area contributed by atoms with Crippen molar-refractivity contribution in [2.75, 3.05) is 6.61 Å². The van der Waals surface area contributed by atoms with Crippen molar-refractivity contribution in [3.8, 4) is 5.75 Å². The SMILES string of the molecule is CC(C)C(=NNC(=O)COc1ccc(Cl)cc1Cl)c1ccccc1. The largest absolute Gasteiger partial charge is 0.482 e. The zero-order chi connectivity index (χ0) is 17.5. The third-order valence-electron chi connectivity index (χ3n) is 3.17. The lowest BCUT2D eigenvalue weighted by Gasteiger charge is -2.11. The third-order valence-corrected chi connectivity index (χ3v) is 3.70. The number of benzene rings is 2. The highest BCUT2D eigenvalue weighted by atomic mass is 35.5. The molecule has 0 spiro atoms. The summed E-state index contributed by atoms with van der Waals surface area (Å²) in [5, 5.41) is 5.08. The van der Waals surface area contributed by atoms with Crippen LogP contribution in [0.3, 0.4) is 0 Å². The molecule has 0 saturated heterocycles. The highest BCUT2D eigenvalue weighted by molar-refractivity contribution is 6.35. The van der Waals surface area contributed by atoms with Crippen LogP contribution >= 0.6 is 23.2 Å². The Kier molecular flexibility index (Phi) is 6.64. The van der Waals surface area contributed by atoms with Gasteiger partial charge in [0.15, 0.2) is 6.61 Å². The predicted octanol–water partition coefficient (Wildman–Crippen LogP) is 4.55. The van der Waals surface area contributed by atoms with E-state index in [1.165, 1.54) is 0 Å². The summed E-state index contributed by atoms with van der Waals surface area (Å²) in [5.41, 5.74) is 4.29. The molecule has 0 aliphatic rings. The number of hydrogen-bond acceptors (Lipinski definition) is 3. The zero-order valence-corrected chi connectivity index (χ0v) is 14.9. The highest BCUT2D eigenvalue weighted by Gasteiger charge is 2.10. The first-order valence-electron chi connectivity index (χ1n) is 7.47. The van der Waals surface area contributed by atoms with Crippen molar-refractivity contribution in [1.82, 2.24) is 5.43 Å². The molecule has 0 aliphatic heterocycles. The Bertz CT molecular complexity index is 731. The topological polar surface area (TPSA) is 50.7 Å². The Hall–Kier alpha value is -2.04. The van der Waals surface area contributed by atoms with Crippen molar-refractivity contribution >= 4 is 34.8 Å². The molecule has 0 aromatic heterocycles. The quantitative estimate of drug-likeness (QED) is 0.603. The van der Waals surface area contributed by atoms with Gasteiger partial charge in [0.25, 0.3) is 5.91 Å². The maximum atomic E-state index is 11.9. The van der Waals surface area contributed by atoms with E-state index in [0.717, 1.165) is 11.3 Å². The summed E-state index contributed by atoms with van der Waals surface area (Å²) >= 11 is 11.8. The summed E-state index contributed by atoms with van der Waals surface area (Å²) in [7, 11) is 0. The second-order valence-electron chi connectivity index (χ2n) is 5.42. The van der Waals surface area contributed by atoms with Gasteiger partial charge in [0.2, 0.25) is 0 Å². The van der Waals surface area contributed by atoms with E-state index in [1.54, 1.807) is 18.2 Å². The highest BCUT2D eigenvalue weighted by Crippen LogP contribution is 2.27. The lowest BCUT2D eigenvalue weighted by molar-refractivity contribution is -0.123. The number of hydrogen-bond donors (Lipinski definition) is 1. The van der Waals surface area contributed by atoms with Gasteiger partial charge < -0.3 is 4.74 Å². The van der Waals surface area contributed by atoms with Crippen molar-refractivity contribution in [2.24, 2.45) is 11.0 Å². The normalized spacial score (nSPS) is 11.5. The van der Waals surface area contributed by atoms with Crippen LogP contribution in [0.1, 0.15) is 19.4 Å². The average molecular weight is 365 g/mol. The Morgan fingerprint density at radius 1 is 1.17 bits per heavy atom. The number of halogens is 2. The molecule has 0 unspecified atom stereocenters. The molecule has 4 nitrogen and oxygen atoms in total. The molecule has 0 radical (unpaired) electrons. The standard InChI is InChI=1S/C18H18Cl2N2O2/c1-12(2)18(13-6-4-3-5-7-13)22-21-17(23)11-24-16-9-8-14(19)10-15(16)20/h3-10,12H,11H2,1-2H3,(H,21,23). The second-order valence-corrected chi connectivity index (χ2v) is 6.26. The fourth-order valence-electron chi connectivity index (χ4n) is 2.03. The number of nitrogens with zero attached hydrogens (tertiary/aromatic N) is 1. The molecule has 2 aromatic rings. The van der Waals surface area contributed by atoms with Gasteiger partial charge in [0, 0.05) is 5.02 Å². The lowest BCUT2D eigenvalue weighted by Crippen LogP contribution is -2.27. The van der Waals surface area contributed by atoms with E-state index < -0.39 is 0 Å². The van der Waals surface area contributed by atoms with Gasteiger partial charge in [-0.3, -0.25) is 4.79 Å². The van der Waals surface area contributed by atoms with Gasteiger partial charge in [-0.05, 0) is 29.7 Å². The second kappa shape index (κ2) is 8.71. The summed E-state index contributed by atoms with van der Waals surface area (Å²) in [6.45, 7) is 3.84. The molecule has 6 heteroatoms. The summed E-state index contributed by atoms with van der Waals surface area (Å²) in [4.78, 5) is 11.9. The third kappa shape index (κ3) is 5.25. The average Bonchev–Trinajstić information content (AvgIpc) is 2.55. The smallest absolute Gasteiger partial charge is 0.277 e. The van der Waals surface area contributed by atoms with Crippen molar-refractivity contribution in [1.29, 1.82) is 0 Å². The van der Waals surface area contributed by atoms with Crippen LogP contribution in [0.15, 0.2) is 53.6 Å². The molecule has 0 heterocycles. The first-order chi connectivity index (χ1) is 11.5. The summed E-state index contributed by atoms with van der Waals surface area (Å²) in [6.07, 6.45) is 0. The molecule has 2 rings (SSSR count). The molecular formula is C18H18Cl2N2O2. The lowest BCUT2D eigenvalue weighted by atomic mass is 10.0. The number of rotatable bonds is 6. The van der Waals surface area contributed by atoms with E-state index >= 15 is 0 Å². The molecule has 1 N–H and O–H groups in total. The number of nitrogens with one attached hydrogen (secondary N) is 1. The van der Waals surface area contributed by atoms with Crippen LogP contribution in [0.4, 0.5) is 0 Å². The first kappa shape index (κ1) is 18.3. The number of carbonyl (C=O) groups is 1. The van der Waals surface area contributed by atoms with Crippen molar-refractivity contribution in [3.05, 3.63) is 64.1 Å². The van der Waals surface area contributed by atoms with Gasteiger partial charge in [-0.2, -0.15) is 5.10 Å². The van der Waals surface area contributed by atoms with Crippen molar-refractivity contribution in [2.45, 2.75) is 13.8 Å². The molecule has 0 bridgehead atoms. The van der Waals surface area contributed by atoms with Crippen LogP contribution < -0.4 is 10.2 Å². The molecular weight excluding hydrogens is 347 g/mol. The van der Waals surface area contributed by atoms with Gasteiger partial charge in [0.1, 0.15) is 5.75 Å². The Morgan fingerprint density at radius 2 is 1.88 bits per heavy atom. The van der Waals surface area contributed by atoms with Crippen LogP contribution in [-0.2, 0) is 4.79 Å². The number of ether oxygens (including phenoxy) is 1. The fourth-order valence-corrected chi connectivity index (χ4v) is 2.49. The molecule has 126 valence electrons. The number of carbonyl (C=O) groups excluding carboxylic acids is 1.